The van der Waals surface area contributed by atoms with Gasteiger partial charge >= 0.3 is 5.97 Å². The van der Waals surface area contributed by atoms with E-state index in [1.165, 1.54) is 12.0 Å². The molecule has 3 heterocycles. The molecule has 0 saturated heterocycles. The third kappa shape index (κ3) is 5.23. The molecule has 4 aromatic rings. The predicted octanol–water partition coefficient (Wildman–Crippen LogP) is 5.88. The van der Waals surface area contributed by atoms with Crippen LogP contribution in [0.2, 0.25) is 0 Å². The fourth-order valence-electron chi connectivity index (χ4n) is 5.65. The van der Waals surface area contributed by atoms with Gasteiger partial charge in [-0.1, -0.05) is 54.9 Å². The highest BCUT2D eigenvalue weighted by Crippen LogP contribution is 2.44. The molecule has 1 aliphatic heterocycles. The summed E-state index contributed by atoms with van der Waals surface area (Å²) >= 11 is 1.54. The number of nitrogens with one attached hydrogen (secondary N) is 1. The van der Waals surface area contributed by atoms with E-state index in [4.69, 9.17) is 14.2 Å². The van der Waals surface area contributed by atoms with Gasteiger partial charge in [-0.25, -0.2) is 4.98 Å². The number of amides is 1. The fourth-order valence-corrected chi connectivity index (χ4v) is 6.61. The van der Waals surface area contributed by atoms with Crippen molar-refractivity contribution in [3.05, 3.63) is 71.7 Å². The number of aromatic nitrogens is 2. The van der Waals surface area contributed by atoms with Crippen molar-refractivity contribution in [3.63, 3.8) is 0 Å². The first-order valence-electron chi connectivity index (χ1n) is 13.4. The number of imidazole rings is 1. The summed E-state index contributed by atoms with van der Waals surface area (Å²) in [5.41, 5.74) is 3.40. The molecule has 0 atom stereocenters. The van der Waals surface area contributed by atoms with Crippen LogP contribution < -0.4 is 14.8 Å². The number of ether oxygens (including phenoxy) is 3. The van der Waals surface area contributed by atoms with Crippen LogP contribution in [-0.4, -0.2) is 34.7 Å². The lowest BCUT2D eigenvalue weighted by Gasteiger charge is -2.37. The van der Waals surface area contributed by atoms with Crippen molar-refractivity contribution in [3.8, 4) is 21.9 Å². The van der Waals surface area contributed by atoms with E-state index in [2.05, 4.69) is 34.6 Å². The van der Waals surface area contributed by atoms with E-state index in [0.29, 0.717) is 36.8 Å². The van der Waals surface area contributed by atoms with Crippen molar-refractivity contribution in [2.45, 2.75) is 57.4 Å². The van der Waals surface area contributed by atoms with Crippen LogP contribution in [0, 0.1) is 0 Å². The number of rotatable bonds is 8. The van der Waals surface area contributed by atoms with Crippen molar-refractivity contribution in [1.82, 2.24) is 14.7 Å². The van der Waals surface area contributed by atoms with Crippen molar-refractivity contribution >= 4 is 28.2 Å². The Kier molecular flexibility index (Phi) is 6.99. The molecule has 0 spiro atoms. The van der Waals surface area contributed by atoms with Crippen molar-refractivity contribution in [1.29, 1.82) is 0 Å². The minimum atomic E-state index is -0.231. The van der Waals surface area contributed by atoms with Crippen LogP contribution in [-0.2, 0) is 21.5 Å². The van der Waals surface area contributed by atoms with E-state index in [1.54, 1.807) is 17.5 Å². The standard InChI is InChI=1S/C30H31N3O5S/c1-2-36-27(34)15-30(11-4-3-5-12-30)22-8-6-7-21(14-22)26-18-33-17-23(32-29(33)39-26)28(35)31-16-20-9-10-24-25(13-20)38-19-37-24/h6-10,13-14,17-18H,2-5,11-12,15-16,19H2,1H3,(H,31,35). The zero-order valence-corrected chi connectivity index (χ0v) is 22.7. The van der Waals surface area contributed by atoms with Gasteiger partial charge in [0.15, 0.2) is 16.5 Å². The molecule has 1 aliphatic carbocycles. The molecule has 2 aromatic heterocycles. The van der Waals surface area contributed by atoms with Crippen LogP contribution in [0.5, 0.6) is 11.5 Å². The molecule has 8 nitrogen and oxygen atoms in total. The monoisotopic (exact) mass is 545 g/mol. The van der Waals surface area contributed by atoms with Gasteiger partial charge in [-0.15, -0.1) is 0 Å². The summed E-state index contributed by atoms with van der Waals surface area (Å²) in [7, 11) is 0. The first-order valence-corrected chi connectivity index (χ1v) is 14.3. The van der Waals surface area contributed by atoms with Gasteiger partial charge in [0, 0.05) is 24.4 Å². The maximum atomic E-state index is 12.8. The van der Waals surface area contributed by atoms with Gasteiger partial charge in [-0.2, -0.15) is 0 Å². The fraction of sp³-hybridized carbons (Fsp3) is 0.367. The molecule has 0 radical (unpaired) electrons. The average Bonchev–Trinajstić information content (AvgIpc) is 3.67. The summed E-state index contributed by atoms with van der Waals surface area (Å²) in [6.45, 7) is 2.85. The van der Waals surface area contributed by atoms with Gasteiger partial charge in [0.05, 0.1) is 17.9 Å². The topological polar surface area (TPSA) is 91.2 Å². The van der Waals surface area contributed by atoms with Gasteiger partial charge in [0.1, 0.15) is 5.69 Å². The molecule has 2 aromatic carbocycles. The Morgan fingerprint density at radius 2 is 1.92 bits per heavy atom. The second kappa shape index (κ2) is 10.7. The molecule has 0 unspecified atom stereocenters. The van der Waals surface area contributed by atoms with E-state index in [-0.39, 0.29) is 24.1 Å². The second-order valence-electron chi connectivity index (χ2n) is 10.2. The van der Waals surface area contributed by atoms with Crippen molar-refractivity contribution in [2.75, 3.05) is 13.4 Å². The number of fused-ring (bicyclic) bond motifs is 2. The van der Waals surface area contributed by atoms with E-state index >= 15 is 0 Å². The lowest BCUT2D eigenvalue weighted by molar-refractivity contribution is -0.145. The highest BCUT2D eigenvalue weighted by Gasteiger charge is 2.36. The number of nitrogens with zero attached hydrogens (tertiary/aromatic N) is 2. The molecule has 2 aliphatic rings. The maximum absolute atomic E-state index is 12.8. The van der Waals surface area contributed by atoms with E-state index < -0.39 is 0 Å². The number of hydrogen-bond donors (Lipinski definition) is 1. The van der Waals surface area contributed by atoms with E-state index in [9.17, 15) is 9.59 Å². The predicted molar refractivity (Wildman–Crippen MR) is 148 cm³/mol. The number of benzene rings is 2. The zero-order chi connectivity index (χ0) is 26.8. The molecular formula is C30H31N3O5S. The molecular weight excluding hydrogens is 514 g/mol. The number of esters is 1. The average molecular weight is 546 g/mol. The first-order chi connectivity index (χ1) is 19.0. The van der Waals surface area contributed by atoms with Gasteiger partial charge in [0.2, 0.25) is 6.79 Å². The summed E-state index contributed by atoms with van der Waals surface area (Å²) in [4.78, 5) is 31.7. The molecule has 202 valence electrons. The Morgan fingerprint density at radius 3 is 2.74 bits per heavy atom. The third-order valence-corrected chi connectivity index (χ3v) is 8.68. The largest absolute Gasteiger partial charge is 0.466 e. The van der Waals surface area contributed by atoms with Crippen molar-refractivity contribution < 1.29 is 23.8 Å². The number of hydrogen-bond acceptors (Lipinski definition) is 7. The van der Waals surface area contributed by atoms with Crippen LogP contribution >= 0.6 is 11.3 Å². The molecule has 1 fully saturated rings. The van der Waals surface area contributed by atoms with Crippen LogP contribution in [0.1, 0.15) is 67.1 Å². The first kappa shape index (κ1) is 25.4. The highest BCUT2D eigenvalue weighted by atomic mass is 32.1. The van der Waals surface area contributed by atoms with Gasteiger partial charge in [-0.05, 0) is 54.7 Å². The maximum Gasteiger partial charge on any atom is 0.306 e. The minimum absolute atomic E-state index is 0.122. The second-order valence-corrected chi connectivity index (χ2v) is 11.2. The summed E-state index contributed by atoms with van der Waals surface area (Å²) < 4.78 is 18.0. The zero-order valence-electron chi connectivity index (χ0n) is 21.9. The highest BCUT2D eigenvalue weighted by molar-refractivity contribution is 7.20. The quantitative estimate of drug-likeness (QED) is 0.278. The van der Waals surface area contributed by atoms with Gasteiger partial charge in [-0.3, -0.25) is 14.0 Å². The Labute approximate surface area is 230 Å². The lowest BCUT2D eigenvalue weighted by Crippen LogP contribution is -2.32. The van der Waals surface area contributed by atoms with Gasteiger partial charge in [0.25, 0.3) is 5.91 Å². The normalized spacial score (nSPS) is 15.8. The SMILES string of the molecule is CCOC(=O)CC1(c2cccc(-c3cn4cc(C(=O)NCc5ccc6c(c5)OCO6)nc4s3)c2)CCCCC1. The molecule has 0 bridgehead atoms. The molecule has 6 rings (SSSR count). The number of thiazole rings is 1. The molecule has 39 heavy (non-hydrogen) atoms. The Bertz CT molecular complexity index is 1490. The van der Waals surface area contributed by atoms with E-state index in [0.717, 1.165) is 46.6 Å². The van der Waals surface area contributed by atoms with Crippen LogP contribution in [0.4, 0.5) is 0 Å². The lowest BCUT2D eigenvalue weighted by atomic mass is 9.67. The summed E-state index contributed by atoms with van der Waals surface area (Å²) in [6.07, 6.45) is 9.63. The molecule has 1 N–H and O–H groups in total. The Hall–Kier alpha value is -3.85. The van der Waals surface area contributed by atoms with E-state index in [1.807, 2.05) is 35.7 Å². The number of carbonyl (C=O) groups is 2. The third-order valence-electron chi connectivity index (χ3n) is 7.64. The molecule has 9 heteroatoms. The minimum Gasteiger partial charge on any atom is -0.466 e. The van der Waals surface area contributed by atoms with Crippen LogP contribution in [0.25, 0.3) is 15.4 Å². The molecule has 1 saturated carbocycles. The Morgan fingerprint density at radius 1 is 1.08 bits per heavy atom. The summed E-state index contributed by atoms with van der Waals surface area (Å²) in [5, 5.41) is 2.93. The number of carbonyl (C=O) groups excluding carboxylic acids is 2. The molecule has 1 amide bonds. The van der Waals surface area contributed by atoms with Crippen LogP contribution in [0.3, 0.4) is 0 Å². The smallest absolute Gasteiger partial charge is 0.306 e. The summed E-state index contributed by atoms with van der Waals surface area (Å²) in [6, 6.07) is 14.2. The van der Waals surface area contributed by atoms with Crippen molar-refractivity contribution in [2.24, 2.45) is 0 Å². The Balaban J connectivity index is 1.18. The van der Waals surface area contributed by atoms with Crippen LogP contribution in [0.15, 0.2) is 54.9 Å². The van der Waals surface area contributed by atoms with Gasteiger partial charge < -0.3 is 19.5 Å². The summed E-state index contributed by atoms with van der Waals surface area (Å²) in [5.74, 6) is 1.05.